The molecular formula is C17H25ClN4O2S2. The van der Waals surface area contributed by atoms with Crippen LogP contribution in [0.3, 0.4) is 0 Å². The molecule has 0 saturated carbocycles. The highest BCUT2D eigenvalue weighted by atomic mass is 35.5. The molecule has 26 heavy (non-hydrogen) atoms. The van der Waals surface area contributed by atoms with Crippen LogP contribution in [0.25, 0.3) is 10.6 Å². The van der Waals surface area contributed by atoms with Gasteiger partial charge in [0.15, 0.2) is 5.13 Å². The number of halogens is 1. The first-order valence-electron chi connectivity index (χ1n) is 7.95. The van der Waals surface area contributed by atoms with E-state index in [1.807, 2.05) is 39.8 Å². The Morgan fingerprint density at radius 2 is 1.92 bits per heavy atom. The minimum absolute atomic E-state index is 0. The summed E-state index contributed by atoms with van der Waals surface area (Å²) in [5.41, 5.74) is 6.53. The van der Waals surface area contributed by atoms with Crippen LogP contribution < -0.4 is 16.4 Å². The Bertz CT molecular complexity index is 780. The van der Waals surface area contributed by atoms with Gasteiger partial charge in [0.2, 0.25) is 11.8 Å². The number of carbonyl (C=O) groups excluding carboxylic acids is 2. The molecule has 0 bridgehead atoms. The lowest BCUT2D eigenvalue weighted by Gasteiger charge is -2.25. The monoisotopic (exact) mass is 416 g/mol. The standard InChI is InChI=1S/C17H24N4O2S2.ClH/c1-9-13(12-7-6-11(25-12)8-19-10(2)22)20-16(24-9)21-15(23)14(18)17(3,4)5;/h6-7,14H,8,18H2,1-5H3,(H,19,22)(H,20,21,23);1H/t14-;/m1./s1. The Balaban J connectivity index is 0.00000338. The maximum atomic E-state index is 12.3. The quantitative estimate of drug-likeness (QED) is 0.694. The van der Waals surface area contributed by atoms with Gasteiger partial charge < -0.3 is 16.4 Å². The molecule has 2 rings (SSSR count). The van der Waals surface area contributed by atoms with E-state index in [1.165, 1.54) is 18.3 Å². The van der Waals surface area contributed by atoms with E-state index < -0.39 is 6.04 Å². The van der Waals surface area contributed by atoms with E-state index in [1.54, 1.807) is 11.3 Å². The summed E-state index contributed by atoms with van der Waals surface area (Å²) in [5.74, 6) is -0.287. The second-order valence-electron chi connectivity index (χ2n) is 6.93. The Hall–Kier alpha value is -1.48. The number of nitrogens with two attached hydrogens (primary N) is 1. The third-order valence-electron chi connectivity index (χ3n) is 3.65. The minimum Gasteiger partial charge on any atom is -0.351 e. The molecule has 6 nitrogen and oxygen atoms in total. The van der Waals surface area contributed by atoms with Crippen molar-refractivity contribution in [3.05, 3.63) is 21.9 Å². The fraction of sp³-hybridized carbons (Fsp3) is 0.471. The zero-order chi connectivity index (χ0) is 18.8. The van der Waals surface area contributed by atoms with Crippen LogP contribution in [0.15, 0.2) is 12.1 Å². The summed E-state index contributed by atoms with van der Waals surface area (Å²) in [6.45, 7) is 9.76. The molecule has 0 aliphatic heterocycles. The van der Waals surface area contributed by atoms with E-state index in [9.17, 15) is 9.59 Å². The number of aryl methyl sites for hydroxylation is 1. The molecule has 144 valence electrons. The predicted molar refractivity (Wildman–Crippen MR) is 111 cm³/mol. The molecule has 0 aliphatic carbocycles. The number of hydrogen-bond donors (Lipinski definition) is 3. The van der Waals surface area contributed by atoms with Crippen molar-refractivity contribution in [2.24, 2.45) is 11.1 Å². The summed E-state index contributed by atoms with van der Waals surface area (Å²) in [5, 5.41) is 6.15. The van der Waals surface area contributed by atoms with Gasteiger partial charge in [-0.05, 0) is 24.5 Å². The lowest BCUT2D eigenvalue weighted by molar-refractivity contribution is -0.120. The second kappa shape index (κ2) is 8.94. The summed E-state index contributed by atoms with van der Waals surface area (Å²) in [7, 11) is 0. The van der Waals surface area contributed by atoms with Gasteiger partial charge in [0.1, 0.15) is 0 Å². The van der Waals surface area contributed by atoms with Gasteiger partial charge in [-0.25, -0.2) is 4.98 Å². The van der Waals surface area contributed by atoms with Crippen molar-refractivity contribution in [2.75, 3.05) is 5.32 Å². The number of thiophene rings is 1. The van der Waals surface area contributed by atoms with Gasteiger partial charge in [0.05, 0.1) is 23.2 Å². The summed E-state index contributed by atoms with van der Waals surface area (Å²) in [6, 6.07) is 3.35. The summed E-state index contributed by atoms with van der Waals surface area (Å²) < 4.78 is 0. The van der Waals surface area contributed by atoms with E-state index in [0.29, 0.717) is 11.7 Å². The van der Waals surface area contributed by atoms with Crippen LogP contribution >= 0.6 is 35.1 Å². The molecule has 0 unspecified atom stereocenters. The van der Waals surface area contributed by atoms with Gasteiger partial charge >= 0.3 is 0 Å². The normalized spacial score (nSPS) is 12.2. The Labute approximate surface area is 168 Å². The Morgan fingerprint density at radius 1 is 1.27 bits per heavy atom. The number of rotatable bonds is 5. The maximum absolute atomic E-state index is 12.3. The number of nitrogens with one attached hydrogen (secondary N) is 2. The molecule has 1 atom stereocenters. The van der Waals surface area contributed by atoms with Crippen molar-refractivity contribution in [3.8, 4) is 10.6 Å². The third kappa shape index (κ3) is 5.77. The Morgan fingerprint density at radius 3 is 2.50 bits per heavy atom. The maximum Gasteiger partial charge on any atom is 0.243 e. The van der Waals surface area contributed by atoms with Crippen LogP contribution in [-0.2, 0) is 16.1 Å². The zero-order valence-electron chi connectivity index (χ0n) is 15.5. The van der Waals surface area contributed by atoms with Gasteiger partial charge in [0, 0.05) is 16.7 Å². The number of carbonyl (C=O) groups is 2. The summed E-state index contributed by atoms with van der Waals surface area (Å²) in [6.07, 6.45) is 0. The zero-order valence-corrected chi connectivity index (χ0v) is 18.0. The lowest BCUT2D eigenvalue weighted by atomic mass is 9.87. The molecule has 2 aromatic rings. The fourth-order valence-electron chi connectivity index (χ4n) is 2.07. The van der Waals surface area contributed by atoms with Crippen molar-refractivity contribution < 1.29 is 9.59 Å². The first-order chi connectivity index (χ1) is 11.6. The number of nitrogens with zero attached hydrogens (tertiary/aromatic N) is 1. The van der Waals surface area contributed by atoms with Crippen LogP contribution in [0, 0.1) is 12.3 Å². The van der Waals surface area contributed by atoms with E-state index in [2.05, 4.69) is 15.6 Å². The minimum atomic E-state index is -0.605. The first kappa shape index (κ1) is 22.6. The number of anilines is 1. The largest absolute Gasteiger partial charge is 0.351 e. The van der Waals surface area contributed by atoms with Crippen LogP contribution in [-0.4, -0.2) is 22.8 Å². The van der Waals surface area contributed by atoms with Crippen LogP contribution in [0.2, 0.25) is 0 Å². The lowest BCUT2D eigenvalue weighted by Crippen LogP contribution is -2.45. The summed E-state index contributed by atoms with van der Waals surface area (Å²) >= 11 is 3.01. The molecule has 4 N–H and O–H groups in total. The number of hydrogen-bond acceptors (Lipinski definition) is 6. The van der Waals surface area contributed by atoms with Gasteiger partial charge in [0.25, 0.3) is 0 Å². The molecule has 2 amide bonds. The molecule has 9 heteroatoms. The van der Waals surface area contributed by atoms with Crippen LogP contribution in [0.5, 0.6) is 0 Å². The van der Waals surface area contributed by atoms with E-state index in [4.69, 9.17) is 5.73 Å². The second-order valence-corrected chi connectivity index (χ2v) is 9.30. The van der Waals surface area contributed by atoms with Gasteiger partial charge in [-0.3, -0.25) is 9.59 Å². The average molecular weight is 417 g/mol. The highest BCUT2D eigenvalue weighted by Gasteiger charge is 2.28. The van der Waals surface area contributed by atoms with E-state index in [-0.39, 0.29) is 29.6 Å². The van der Waals surface area contributed by atoms with E-state index >= 15 is 0 Å². The molecule has 0 saturated heterocycles. The molecule has 0 fully saturated rings. The van der Waals surface area contributed by atoms with Crippen molar-refractivity contribution in [2.45, 2.75) is 47.2 Å². The topological polar surface area (TPSA) is 97.1 Å². The van der Waals surface area contributed by atoms with Gasteiger partial charge in [-0.2, -0.15) is 0 Å². The fourth-order valence-corrected chi connectivity index (χ4v) is 3.96. The SMILES string of the molecule is CC(=O)NCc1ccc(-c2nc(NC(=O)[C@@H](N)C(C)(C)C)sc2C)s1.Cl. The molecule has 0 radical (unpaired) electrons. The summed E-state index contributed by atoms with van der Waals surface area (Å²) in [4.78, 5) is 30.9. The van der Waals surface area contributed by atoms with Crippen molar-refractivity contribution >= 4 is 52.0 Å². The Kier molecular flexibility index (Phi) is 7.76. The molecule has 0 spiro atoms. The smallest absolute Gasteiger partial charge is 0.243 e. The first-order valence-corrected chi connectivity index (χ1v) is 9.58. The molecule has 0 aromatic carbocycles. The van der Waals surface area contributed by atoms with Gasteiger partial charge in [-0.15, -0.1) is 35.1 Å². The molecular weight excluding hydrogens is 392 g/mol. The van der Waals surface area contributed by atoms with Crippen LogP contribution in [0.4, 0.5) is 5.13 Å². The number of amides is 2. The highest BCUT2D eigenvalue weighted by Crippen LogP contribution is 2.35. The predicted octanol–water partition coefficient (Wildman–Crippen LogP) is 3.55. The third-order valence-corrected chi connectivity index (χ3v) is 5.63. The molecule has 0 aliphatic rings. The molecule has 2 heterocycles. The van der Waals surface area contributed by atoms with Crippen molar-refractivity contribution in [1.82, 2.24) is 10.3 Å². The highest BCUT2D eigenvalue weighted by molar-refractivity contribution is 7.18. The van der Waals surface area contributed by atoms with Crippen LogP contribution in [0.1, 0.15) is 37.4 Å². The van der Waals surface area contributed by atoms with Gasteiger partial charge in [-0.1, -0.05) is 20.8 Å². The van der Waals surface area contributed by atoms with Crippen molar-refractivity contribution in [3.63, 3.8) is 0 Å². The number of thiazole rings is 1. The van der Waals surface area contributed by atoms with Crippen molar-refractivity contribution in [1.29, 1.82) is 0 Å². The molecule has 2 aromatic heterocycles. The average Bonchev–Trinajstić information content (AvgIpc) is 3.09. The number of aromatic nitrogens is 1. The van der Waals surface area contributed by atoms with E-state index in [0.717, 1.165) is 20.3 Å².